The highest BCUT2D eigenvalue weighted by Crippen LogP contribution is 2.22. The maximum atomic E-state index is 11.9. The van der Waals surface area contributed by atoms with Gasteiger partial charge in [0.2, 0.25) is 0 Å². The third-order valence-corrected chi connectivity index (χ3v) is 4.41. The Morgan fingerprint density at radius 3 is 2.46 bits per heavy atom. The van der Waals surface area contributed by atoms with Gasteiger partial charge >= 0.3 is 0 Å². The molecular formula is C22H19BrN2O3. The number of rotatable bonds is 7. The molecule has 0 bridgehead atoms. The highest BCUT2D eigenvalue weighted by atomic mass is 79.9. The zero-order valence-corrected chi connectivity index (χ0v) is 16.8. The molecule has 142 valence electrons. The minimum Gasteiger partial charge on any atom is -0.496 e. The number of hydrogen-bond acceptors (Lipinski definition) is 4. The van der Waals surface area contributed by atoms with E-state index in [1.165, 1.54) is 6.21 Å². The molecule has 0 aliphatic carbocycles. The fourth-order valence-corrected chi connectivity index (χ4v) is 2.91. The molecule has 1 amide bonds. The molecule has 0 heterocycles. The molecule has 28 heavy (non-hydrogen) atoms. The largest absolute Gasteiger partial charge is 0.496 e. The summed E-state index contributed by atoms with van der Waals surface area (Å²) in [6.07, 6.45) is 1.52. The summed E-state index contributed by atoms with van der Waals surface area (Å²) in [5.41, 5.74) is 5.41. The molecule has 3 rings (SSSR count). The Hall–Kier alpha value is -3.12. The van der Waals surface area contributed by atoms with Gasteiger partial charge in [-0.3, -0.25) is 4.79 Å². The van der Waals surface area contributed by atoms with Crippen molar-refractivity contribution in [2.45, 2.75) is 0 Å². The van der Waals surface area contributed by atoms with Gasteiger partial charge in [0.05, 0.1) is 13.3 Å². The van der Waals surface area contributed by atoms with Crippen LogP contribution in [0.5, 0.6) is 11.5 Å². The van der Waals surface area contributed by atoms with E-state index >= 15 is 0 Å². The van der Waals surface area contributed by atoms with E-state index in [4.69, 9.17) is 9.47 Å². The number of methoxy groups -OCH3 is 1. The zero-order chi connectivity index (χ0) is 19.8. The summed E-state index contributed by atoms with van der Waals surface area (Å²) in [4.78, 5) is 11.9. The van der Waals surface area contributed by atoms with Crippen molar-refractivity contribution in [3.8, 4) is 22.6 Å². The number of benzene rings is 3. The van der Waals surface area contributed by atoms with Gasteiger partial charge in [0.1, 0.15) is 11.5 Å². The van der Waals surface area contributed by atoms with Gasteiger partial charge in [-0.25, -0.2) is 5.43 Å². The van der Waals surface area contributed by atoms with Crippen molar-refractivity contribution in [1.29, 1.82) is 0 Å². The van der Waals surface area contributed by atoms with Crippen LogP contribution in [0.1, 0.15) is 5.56 Å². The minimum absolute atomic E-state index is 0.127. The lowest BCUT2D eigenvalue weighted by atomic mass is 10.1. The highest BCUT2D eigenvalue weighted by molar-refractivity contribution is 9.10. The minimum atomic E-state index is -0.350. The van der Waals surface area contributed by atoms with Crippen molar-refractivity contribution in [3.63, 3.8) is 0 Å². The van der Waals surface area contributed by atoms with E-state index in [1.807, 2.05) is 72.8 Å². The van der Waals surface area contributed by atoms with Crippen LogP contribution >= 0.6 is 15.9 Å². The van der Waals surface area contributed by atoms with Crippen molar-refractivity contribution in [3.05, 3.63) is 82.8 Å². The molecule has 0 radical (unpaired) electrons. The fraction of sp³-hybridized carbons (Fsp3) is 0.0909. The second-order valence-corrected chi connectivity index (χ2v) is 6.77. The normalized spacial score (nSPS) is 10.6. The molecule has 5 nitrogen and oxygen atoms in total. The topological polar surface area (TPSA) is 59.9 Å². The molecule has 0 saturated carbocycles. The Bertz CT molecular complexity index is 957. The predicted molar refractivity (Wildman–Crippen MR) is 114 cm³/mol. The van der Waals surface area contributed by atoms with Gasteiger partial charge in [-0.1, -0.05) is 58.4 Å². The van der Waals surface area contributed by atoms with Gasteiger partial charge in [-0.05, 0) is 41.5 Å². The van der Waals surface area contributed by atoms with Gasteiger partial charge in [0.25, 0.3) is 5.91 Å². The molecule has 0 fully saturated rings. The molecular weight excluding hydrogens is 420 g/mol. The predicted octanol–water partition coefficient (Wildman–Crippen LogP) is 4.65. The third-order valence-electron chi connectivity index (χ3n) is 3.92. The van der Waals surface area contributed by atoms with Crippen LogP contribution in [0.2, 0.25) is 0 Å². The van der Waals surface area contributed by atoms with E-state index in [0.717, 1.165) is 21.2 Å². The maximum Gasteiger partial charge on any atom is 0.277 e. The van der Waals surface area contributed by atoms with E-state index in [0.29, 0.717) is 11.5 Å². The summed E-state index contributed by atoms with van der Waals surface area (Å²) in [7, 11) is 1.58. The average molecular weight is 439 g/mol. The average Bonchev–Trinajstić information content (AvgIpc) is 2.73. The number of ether oxygens (including phenoxy) is 2. The fourth-order valence-electron chi connectivity index (χ4n) is 2.54. The second kappa shape index (κ2) is 9.71. The smallest absolute Gasteiger partial charge is 0.277 e. The highest BCUT2D eigenvalue weighted by Gasteiger charge is 2.04. The second-order valence-electron chi connectivity index (χ2n) is 5.86. The standard InChI is InChI=1S/C22H19BrN2O3/c1-27-21-12-9-19(23)13-18(21)14-24-25-22(26)15-28-20-10-7-17(8-11-20)16-5-3-2-4-6-16/h2-14H,15H2,1H3,(H,25,26). The van der Waals surface area contributed by atoms with Crippen molar-refractivity contribution in [1.82, 2.24) is 5.43 Å². The van der Waals surface area contributed by atoms with Crippen molar-refractivity contribution < 1.29 is 14.3 Å². The molecule has 0 saturated heterocycles. The Morgan fingerprint density at radius 2 is 1.75 bits per heavy atom. The van der Waals surface area contributed by atoms with Crippen LogP contribution in [0.25, 0.3) is 11.1 Å². The number of halogens is 1. The van der Waals surface area contributed by atoms with Gasteiger partial charge in [-0.15, -0.1) is 0 Å². The first-order valence-corrected chi connectivity index (χ1v) is 9.39. The summed E-state index contributed by atoms with van der Waals surface area (Å²) in [5.74, 6) is 0.931. The molecule has 0 aliphatic rings. The summed E-state index contributed by atoms with van der Waals surface area (Å²) in [6.45, 7) is -0.127. The van der Waals surface area contributed by atoms with Crippen LogP contribution in [0, 0.1) is 0 Å². The lowest BCUT2D eigenvalue weighted by Crippen LogP contribution is -2.24. The Kier molecular flexibility index (Phi) is 6.81. The van der Waals surface area contributed by atoms with Crippen LogP contribution in [-0.4, -0.2) is 25.8 Å². The molecule has 0 spiro atoms. The molecule has 1 N–H and O–H groups in total. The Morgan fingerprint density at radius 1 is 1.04 bits per heavy atom. The molecule has 0 atom stereocenters. The Balaban J connectivity index is 1.51. The molecule has 0 unspecified atom stereocenters. The molecule has 3 aromatic rings. The Labute approximate surface area is 172 Å². The summed E-state index contributed by atoms with van der Waals surface area (Å²) >= 11 is 3.39. The monoisotopic (exact) mass is 438 g/mol. The number of hydrogen-bond donors (Lipinski definition) is 1. The first-order chi connectivity index (χ1) is 13.7. The zero-order valence-electron chi connectivity index (χ0n) is 15.3. The lowest BCUT2D eigenvalue weighted by molar-refractivity contribution is -0.123. The van der Waals surface area contributed by atoms with Crippen molar-refractivity contribution in [2.75, 3.05) is 13.7 Å². The summed E-state index contributed by atoms with van der Waals surface area (Å²) < 4.78 is 11.7. The van der Waals surface area contributed by atoms with Crippen LogP contribution in [-0.2, 0) is 4.79 Å². The van der Waals surface area contributed by atoms with E-state index < -0.39 is 0 Å². The lowest BCUT2D eigenvalue weighted by Gasteiger charge is -2.07. The molecule has 0 aliphatic heterocycles. The van der Waals surface area contributed by atoms with E-state index in [9.17, 15) is 4.79 Å². The van der Waals surface area contributed by atoms with Gasteiger partial charge in [-0.2, -0.15) is 5.10 Å². The first-order valence-electron chi connectivity index (χ1n) is 8.59. The van der Waals surface area contributed by atoms with Gasteiger partial charge < -0.3 is 9.47 Å². The number of nitrogens with zero attached hydrogens (tertiary/aromatic N) is 1. The maximum absolute atomic E-state index is 11.9. The van der Waals surface area contributed by atoms with E-state index in [-0.39, 0.29) is 12.5 Å². The quantitative estimate of drug-likeness (QED) is 0.431. The van der Waals surface area contributed by atoms with Crippen LogP contribution in [0.4, 0.5) is 0 Å². The number of carbonyl (C=O) groups excluding carboxylic acids is 1. The molecule has 3 aromatic carbocycles. The van der Waals surface area contributed by atoms with Crippen molar-refractivity contribution >= 4 is 28.1 Å². The van der Waals surface area contributed by atoms with Crippen LogP contribution in [0.15, 0.2) is 82.4 Å². The van der Waals surface area contributed by atoms with Crippen LogP contribution in [0.3, 0.4) is 0 Å². The first kappa shape index (κ1) is 19.6. The van der Waals surface area contributed by atoms with Gasteiger partial charge in [0.15, 0.2) is 6.61 Å². The molecule has 6 heteroatoms. The van der Waals surface area contributed by atoms with E-state index in [2.05, 4.69) is 26.5 Å². The number of amides is 1. The summed E-state index contributed by atoms with van der Waals surface area (Å²) in [5, 5.41) is 3.95. The molecule has 0 aromatic heterocycles. The SMILES string of the molecule is COc1ccc(Br)cc1C=NNC(=O)COc1ccc(-c2ccccc2)cc1. The number of carbonyl (C=O) groups is 1. The third kappa shape index (κ3) is 5.44. The van der Waals surface area contributed by atoms with E-state index in [1.54, 1.807) is 7.11 Å². The number of hydrazone groups is 1. The number of nitrogens with one attached hydrogen (secondary N) is 1. The van der Waals surface area contributed by atoms with Crippen LogP contribution < -0.4 is 14.9 Å². The van der Waals surface area contributed by atoms with Gasteiger partial charge in [0, 0.05) is 10.0 Å². The summed E-state index contributed by atoms with van der Waals surface area (Å²) in [6, 6.07) is 23.2. The van der Waals surface area contributed by atoms with Crippen molar-refractivity contribution in [2.24, 2.45) is 5.10 Å².